The highest BCUT2D eigenvalue weighted by atomic mass is 35.5. The quantitative estimate of drug-likeness (QED) is 0.717. The van der Waals surface area contributed by atoms with E-state index < -0.39 is 0 Å². The number of nitrogens with two attached hydrogens (primary N) is 1. The molecular formula is C19H23Cl2N3O. The number of pyridine rings is 1. The first kappa shape index (κ1) is 21.0. The Bertz CT molecular complexity index is 825. The maximum atomic E-state index is 5.92. The van der Waals surface area contributed by atoms with Crippen molar-refractivity contribution < 1.29 is 4.74 Å². The van der Waals surface area contributed by atoms with Gasteiger partial charge in [0.05, 0.1) is 5.52 Å². The van der Waals surface area contributed by atoms with Gasteiger partial charge in [-0.1, -0.05) is 24.3 Å². The van der Waals surface area contributed by atoms with Gasteiger partial charge in [-0.05, 0) is 55.6 Å². The average molecular weight is 380 g/mol. The molecule has 0 saturated heterocycles. The van der Waals surface area contributed by atoms with Gasteiger partial charge in [0.2, 0.25) is 0 Å². The molecule has 3 aromatic rings. The molecule has 0 atom stereocenters. The Kier molecular flexibility index (Phi) is 7.97. The number of anilines is 1. The van der Waals surface area contributed by atoms with Gasteiger partial charge in [0.15, 0.2) is 0 Å². The number of hydrogen-bond donors (Lipinski definition) is 1. The lowest BCUT2D eigenvalue weighted by Gasteiger charge is -2.12. The van der Waals surface area contributed by atoms with E-state index in [0.717, 1.165) is 28.8 Å². The molecule has 0 unspecified atom stereocenters. The minimum Gasteiger partial charge on any atom is -0.489 e. The van der Waals surface area contributed by atoms with Crippen molar-refractivity contribution >= 4 is 41.5 Å². The van der Waals surface area contributed by atoms with Crippen LogP contribution in [0.25, 0.3) is 10.9 Å². The van der Waals surface area contributed by atoms with Crippen LogP contribution in [-0.2, 0) is 13.2 Å². The van der Waals surface area contributed by atoms with Crippen molar-refractivity contribution in [3.8, 4) is 5.75 Å². The summed E-state index contributed by atoms with van der Waals surface area (Å²) in [5.74, 6) is 1.41. The van der Waals surface area contributed by atoms with Crippen molar-refractivity contribution in [1.29, 1.82) is 0 Å². The summed E-state index contributed by atoms with van der Waals surface area (Å²) >= 11 is 0. The molecule has 2 aromatic carbocycles. The van der Waals surface area contributed by atoms with E-state index in [-0.39, 0.29) is 24.8 Å². The number of fused-ring (bicyclic) bond motifs is 1. The largest absolute Gasteiger partial charge is 0.489 e. The van der Waals surface area contributed by atoms with Crippen LogP contribution >= 0.6 is 24.8 Å². The van der Waals surface area contributed by atoms with Gasteiger partial charge in [0.25, 0.3) is 0 Å². The fourth-order valence-corrected chi connectivity index (χ4v) is 2.53. The molecule has 1 aromatic heterocycles. The number of nitrogen functional groups attached to an aromatic ring is 1. The van der Waals surface area contributed by atoms with Crippen molar-refractivity contribution in [3.05, 3.63) is 65.7 Å². The van der Waals surface area contributed by atoms with Crippen LogP contribution in [0.4, 0.5) is 5.82 Å². The molecule has 3 rings (SSSR count). The smallest absolute Gasteiger partial charge is 0.124 e. The number of aromatic nitrogens is 1. The summed E-state index contributed by atoms with van der Waals surface area (Å²) in [6.07, 6.45) is 0. The molecule has 0 aliphatic rings. The predicted octanol–water partition coefficient (Wildman–Crippen LogP) is 4.30. The topological polar surface area (TPSA) is 51.4 Å². The molecule has 134 valence electrons. The molecule has 0 radical (unpaired) electrons. The van der Waals surface area contributed by atoms with E-state index in [4.69, 9.17) is 10.5 Å². The van der Waals surface area contributed by atoms with Crippen molar-refractivity contribution in [2.24, 2.45) is 0 Å². The normalized spacial score (nSPS) is 10.2. The van der Waals surface area contributed by atoms with Crippen LogP contribution in [0.1, 0.15) is 11.1 Å². The first-order valence-corrected chi connectivity index (χ1v) is 7.62. The molecular weight excluding hydrogens is 357 g/mol. The molecule has 1 heterocycles. The third-order valence-corrected chi connectivity index (χ3v) is 3.58. The van der Waals surface area contributed by atoms with E-state index in [1.165, 1.54) is 5.56 Å². The minimum atomic E-state index is 0. The summed E-state index contributed by atoms with van der Waals surface area (Å²) in [6.45, 7) is 1.41. The Hall–Kier alpha value is -2.01. The molecule has 0 aliphatic heterocycles. The fourth-order valence-electron chi connectivity index (χ4n) is 2.53. The Morgan fingerprint density at radius 2 is 1.72 bits per heavy atom. The van der Waals surface area contributed by atoms with Gasteiger partial charge in [0.1, 0.15) is 18.2 Å². The second-order valence-electron chi connectivity index (χ2n) is 5.94. The third-order valence-electron chi connectivity index (χ3n) is 3.58. The highest BCUT2D eigenvalue weighted by molar-refractivity contribution is 5.85. The lowest BCUT2D eigenvalue weighted by atomic mass is 10.1. The minimum absolute atomic E-state index is 0. The van der Waals surface area contributed by atoms with Gasteiger partial charge >= 0.3 is 0 Å². The molecule has 0 bridgehead atoms. The number of benzene rings is 2. The van der Waals surface area contributed by atoms with Gasteiger partial charge in [-0.25, -0.2) is 4.98 Å². The lowest BCUT2D eigenvalue weighted by molar-refractivity contribution is 0.305. The van der Waals surface area contributed by atoms with Crippen molar-refractivity contribution in [2.75, 3.05) is 19.8 Å². The van der Waals surface area contributed by atoms with Gasteiger partial charge in [-0.15, -0.1) is 24.8 Å². The van der Waals surface area contributed by atoms with E-state index in [0.29, 0.717) is 12.4 Å². The Balaban J connectivity index is 0.00000156. The van der Waals surface area contributed by atoms with Crippen LogP contribution in [0.2, 0.25) is 0 Å². The van der Waals surface area contributed by atoms with Crippen molar-refractivity contribution in [1.82, 2.24) is 9.88 Å². The first-order chi connectivity index (χ1) is 11.1. The number of nitrogens with zero attached hydrogens (tertiary/aromatic N) is 2. The molecule has 0 saturated carbocycles. The van der Waals surface area contributed by atoms with Crippen LogP contribution in [0.3, 0.4) is 0 Å². The molecule has 4 nitrogen and oxygen atoms in total. The van der Waals surface area contributed by atoms with E-state index in [2.05, 4.69) is 42.2 Å². The third kappa shape index (κ3) is 5.78. The zero-order valence-corrected chi connectivity index (χ0v) is 15.9. The Labute approximate surface area is 160 Å². The van der Waals surface area contributed by atoms with E-state index in [1.807, 2.05) is 36.4 Å². The molecule has 2 N–H and O–H groups in total. The second kappa shape index (κ2) is 9.47. The number of ether oxygens (including phenoxy) is 1. The SMILES string of the molecule is CN(C)Cc1cccc(OCc2ccc3ccc(N)nc3c2)c1.Cl.Cl. The van der Waals surface area contributed by atoms with E-state index >= 15 is 0 Å². The fraction of sp³-hybridized carbons (Fsp3) is 0.211. The van der Waals surface area contributed by atoms with Crippen LogP contribution in [0, 0.1) is 0 Å². The van der Waals surface area contributed by atoms with Gasteiger partial charge in [0, 0.05) is 11.9 Å². The molecule has 0 aliphatic carbocycles. The first-order valence-electron chi connectivity index (χ1n) is 7.62. The number of rotatable bonds is 5. The molecule has 0 fully saturated rings. The Morgan fingerprint density at radius 1 is 0.960 bits per heavy atom. The average Bonchev–Trinajstić information content (AvgIpc) is 2.52. The van der Waals surface area contributed by atoms with Gasteiger partial charge in [-0.2, -0.15) is 0 Å². The van der Waals surface area contributed by atoms with Crippen LogP contribution in [0.15, 0.2) is 54.6 Å². The second-order valence-corrected chi connectivity index (χ2v) is 5.94. The maximum Gasteiger partial charge on any atom is 0.124 e. The number of hydrogen-bond acceptors (Lipinski definition) is 4. The van der Waals surface area contributed by atoms with Gasteiger partial charge in [-0.3, -0.25) is 0 Å². The molecule has 6 heteroatoms. The van der Waals surface area contributed by atoms with Crippen LogP contribution < -0.4 is 10.5 Å². The summed E-state index contributed by atoms with van der Waals surface area (Å²) in [6, 6.07) is 18.1. The van der Waals surface area contributed by atoms with Crippen molar-refractivity contribution in [2.45, 2.75) is 13.2 Å². The summed E-state index contributed by atoms with van der Waals surface area (Å²) in [5, 5.41) is 1.08. The van der Waals surface area contributed by atoms with Crippen LogP contribution in [0.5, 0.6) is 5.75 Å². The van der Waals surface area contributed by atoms with Gasteiger partial charge < -0.3 is 15.4 Å². The highest BCUT2D eigenvalue weighted by Gasteiger charge is 2.02. The molecule has 0 spiro atoms. The zero-order valence-electron chi connectivity index (χ0n) is 14.3. The van der Waals surface area contributed by atoms with Crippen LogP contribution in [-0.4, -0.2) is 24.0 Å². The highest BCUT2D eigenvalue weighted by Crippen LogP contribution is 2.19. The zero-order chi connectivity index (χ0) is 16.2. The maximum absolute atomic E-state index is 5.92. The lowest BCUT2D eigenvalue weighted by Crippen LogP contribution is -2.10. The Morgan fingerprint density at radius 3 is 2.48 bits per heavy atom. The van der Waals surface area contributed by atoms with E-state index in [1.54, 1.807) is 0 Å². The summed E-state index contributed by atoms with van der Waals surface area (Å²) in [5.41, 5.74) is 8.96. The predicted molar refractivity (Wildman–Crippen MR) is 109 cm³/mol. The summed E-state index contributed by atoms with van der Waals surface area (Å²) in [7, 11) is 4.11. The summed E-state index contributed by atoms with van der Waals surface area (Å²) in [4.78, 5) is 6.49. The monoisotopic (exact) mass is 379 g/mol. The van der Waals surface area contributed by atoms with E-state index in [9.17, 15) is 0 Å². The molecule has 25 heavy (non-hydrogen) atoms. The van der Waals surface area contributed by atoms with Crippen molar-refractivity contribution in [3.63, 3.8) is 0 Å². The molecule has 0 amide bonds. The standard InChI is InChI=1S/C19H21N3O.2ClH/c1-22(2)12-14-4-3-5-17(10-14)23-13-15-6-7-16-8-9-19(20)21-18(16)11-15;;/h3-11H,12-13H2,1-2H3,(H2,20,21);2*1H. The summed E-state index contributed by atoms with van der Waals surface area (Å²) < 4.78 is 5.92. The number of halogens is 2.